The number of hydrogen-bond acceptors (Lipinski definition) is 0. The minimum absolute atomic E-state index is 1.25. The van der Waals surface area contributed by atoms with Gasteiger partial charge in [0.05, 0.1) is 0 Å². The van der Waals surface area contributed by atoms with E-state index in [0.29, 0.717) is 0 Å². The van der Waals surface area contributed by atoms with Gasteiger partial charge in [-0.1, -0.05) is 0 Å². The van der Waals surface area contributed by atoms with E-state index in [4.69, 9.17) is 0 Å². The first-order valence-electron chi connectivity index (χ1n) is 12.9. The van der Waals surface area contributed by atoms with Gasteiger partial charge in [0.1, 0.15) is 0 Å². The van der Waals surface area contributed by atoms with Gasteiger partial charge in [0.2, 0.25) is 0 Å². The Labute approximate surface area is 163 Å². The number of hydrogen-bond donors (Lipinski definition) is 0. The molecule has 0 nitrogen and oxygen atoms in total. The first kappa shape index (κ1) is 18.5. The summed E-state index contributed by atoms with van der Waals surface area (Å²) in [7, 11) is 0. The third-order valence-electron chi connectivity index (χ3n) is 10.8. The Morgan fingerprint density at radius 1 is 0.269 bits per heavy atom. The summed E-state index contributed by atoms with van der Waals surface area (Å²) in [5, 5.41) is 0. The molecule has 0 aromatic heterocycles. The molecule has 0 unspecified atom stereocenters. The Balaban J connectivity index is 1.73. The van der Waals surface area contributed by atoms with Crippen molar-refractivity contribution in [1.29, 1.82) is 0 Å². The van der Waals surface area contributed by atoms with Gasteiger partial charge in [0.15, 0.2) is 0 Å². The van der Waals surface area contributed by atoms with Gasteiger partial charge >= 0.3 is 163 Å². The molecule has 0 atom stereocenters. The molecule has 1 heteroatoms. The van der Waals surface area contributed by atoms with E-state index >= 15 is 0 Å². The fraction of sp³-hybridized carbons (Fsp3) is 1.00. The molecule has 0 N–H and O–H groups in total. The second-order valence-electron chi connectivity index (χ2n) is 11.2. The van der Waals surface area contributed by atoms with Gasteiger partial charge in [-0.05, 0) is 0 Å². The molecule has 0 aromatic rings. The zero-order valence-electron chi connectivity index (χ0n) is 17.5. The summed E-state index contributed by atoms with van der Waals surface area (Å²) in [4.78, 5) is 0. The van der Waals surface area contributed by atoms with Crippen LogP contribution >= 0.6 is 6.60 Å². The summed E-state index contributed by atoms with van der Waals surface area (Å²) < 4.78 is 0. The zero-order valence-corrected chi connectivity index (χ0v) is 18.4. The Morgan fingerprint density at radius 3 is 0.577 bits per heavy atom. The van der Waals surface area contributed by atoms with Crippen LogP contribution in [0.3, 0.4) is 0 Å². The third kappa shape index (κ3) is 2.36. The SMILES string of the molecule is C1CCC(P(C2CCCC2)(C2CCCC2)(C2CCCC2)C2CCCC2)C1. The van der Waals surface area contributed by atoms with Gasteiger partial charge in [0, 0.05) is 0 Å². The first-order valence-corrected chi connectivity index (χ1v) is 15.5. The molecule has 0 aromatic carbocycles. The fourth-order valence-corrected chi connectivity index (χ4v) is 24.2. The fourth-order valence-electron chi connectivity index (χ4n) is 10.5. The molecule has 0 saturated heterocycles. The van der Waals surface area contributed by atoms with E-state index in [-0.39, 0.29) is 0 Å². The molecule has 0 bridgehead atoms. The summed E-state index contributed by atoms with van der Waals surface area (Å²) in [5.74, 6) is 0. The summed E-state index contributed by atoms with van der Waals surface area (Å²) in [5.41, 5.74) is 6.24. The molecule has 150 valence electrons. The van der Waals surface area contributed by atoms with Crippen LogP contribution in [0.25, 0.3) is 0 Å². The van der Waals surface area contributed by atoms with E-state index in [1.165, 1.54) is 28.3 Å². The second-order valence-corrected chi connectivity index (χ2v) is 17.8. The molecule has 26 heavy (non-hydrogen) atoms. The van der Waals surface area contributed by atoms with Crippen molar-refractivity contribution in [3.05, 3.63) is 0 Å². The normalized spacial score (nSPS) is 32.7. The Morgan fingerprint density at radius 2 is 0.423 bits per heavy atom. The predicted octanol–water partition coefficient (Wildman–Crippen LogP) is 8.25. The van der Waals surface area contributed by atoms with E-state index in [9.17, 15) is 0 Å². The average molecular weight is 377 g/mol. The maximum absolute atomic E-state index is 1.70. The van der Waals surface area contributed by atoms with Gasteiger partial charge in [-0.2, -0.15) is 0 Å². The Hall–Kier alpha value is 0.430. The van der Waals surface area contributed by atoms with Gasteiger partial charge in [-0.3, -0.25) is 0 Å². The average Bonchev–Trinajstić information content (AvgIpc) is 3.52. The predicted molar refractivity (Wildman–Crippen MR) is 118 cm³/mol. The summed E-state index contributed by atoms with van der Waals surface area (Å²) >= 11 is 0. The topological polar surface area (TPSA) is 0 Å². The summed E-state index contributed by atoms with van der Waals surface area (Å²) in [6.07, 6.45) is 32.8. The van der Waals surface area contributed by atoms with Crippen LogP contribution in [0.2, 0.25) is 0 Å². The van der Waals surface area contributed by atoms with Gasteiger partial charge in [0.25, 0.3) is 0 Å². The molecule has 0 amide bonds. The van der Waals surface area contributed by atoms with Crippen molar-refractivity contribution in [3.8, 4) is 0 Å². The van der Waals surface area contributed by atoms with Crippen molar-refractivity contribution >= 4 is 6.60 Å². The van der Waals surface area contributed by atoms with E-state index < -0.39 is 6.60 Å². The van der Waals surface area contributed by atoms with Crippen molar-refractivity contribution in [2.75, 3.05) is 0 Å². The maximum atomic E-state index is 1.68. The molecule has 0 radical (unpaired) electrons. The quantitative estimate of drug-likeness (QED) is 0.424. The van der Waals surface area contributed by atoms with Crippen LogP contribution in [0.5, 0.6) is 0 Å². The van der Waals surface area contributed by atoms with Crippen molar-refractivity contribution in [2.45, 2.75) is 157 Å². The molecule has 5 rings (SSSR count). The molecule has 5 aliphatic rings. The van der Waals surface area contributed by atoms with Gasteiger partial charge in [-0.15, -0.1) is 0 Å². The third-order valence-corrected chi connectivity index (χ3v) is 21.9. The molecule has 0 heterocycles. The van der Waals surface area contributed by atoms with Gasteiger partial charge < -0.3 is 0 Å². The van der Waals surface area contributed by atoms with Crippen LogP contribution < -0.4 is 0 Å². The molecule has 0 aliphatic heterocycles. The first-order chi connectivity index (χ1) is 12.9. The Bertz CT molecular complexity index is 356. The molecular weight excluding hydrogens is 331 g/mol. The van der Waals surface area contributed by atoms with Crippen LogP contribution in [0.4, 0.5) is 0 Å². The standard InChI is InChI=1S/C25H45P/c1-2-12-21(11-1)26(22-13-3-4-14-22,23-15-5-6-16-23,24-17-7-8-18-24)25-19-9-10-20-25/h21-25H,1-20H2. The van der Waals surface area contributed by atoms with Crippen LogP contribution in [-0.4, -0.2) is 28.3 Å². The van der Waals surface area contributed by atoms with Crippen LogP contribution in [0.1, 0.15) is 128 Å². The van der Waals surface area contributed by atoms with Crippen LogP contribution in [-0.2, 0) is 0 Å². The van der Waals surface area contributed by atoms with E-state index in [1.54, 1.807) is 128 Å². The molecule has 5 saturated carbocycles. The van der Waals surface area contributed by atoms with Crippen molar-refractivity contribution in [3.63, 3.8) is 0 Å². The van der Waals surface area contributed by atoms with Crippen LogP contribution in [0.15, 0.2) is 0 Å². The van der Waals surface area contributed by atoms with Crippen molar-refractivity contribution in [1.82, 2.24) is 0 Å². The molecule has 5 fully saturated rings. The number of rotatable bonds is 5. The van der Waals surface area contributed by atoms with E-state index in [0.717, 1.165) is 0 Å². The zero-order chi connectivity index (χ0) is 17.5. The molecular formula is C25H45P. The van der Waals surface area contributed by atoms with Crippen LogP contribution in [0, 0.1) is 0 Å². The minimum atomic E-state index is -1.70. The monoisotopic (exact) mass is 376 g/mol. The second kappa shape index (κ2) is 7.35. The van der Waals surface area contributed by atoms with Crippen molar-refractivity contribution in [2.24, 2.45) is 0 Å². The summed E-state index contributed by atoms with van der Waals surface area (Å²) in [6, 6.07) is 0. The van der Waals surface area contributed by atoms with E-state index in [2.05, 4.69) is 0 Å². The van der Waals surface area contributed by atoms with Crippen molar-refractivity contribution < 1.29 is 0 Å². The van der Waals surface area contributed by atoms with Gasteiger partial charge in [-0.25, -0.2) is 0 Å². The molecule has 0 spiro atoms. The van der Waals surface area contributed by atoms with E-state index in [1.807, 2.05) is 0 Å². The summed E-state index contributed by atoms with van der Waals surface area (Å²) in [6.45, 7) is -1.70. The Kier molecular flexibility index (Phi) is 5.22. The molecule has 5 aliphatic carbocycles.